The summed E-state index contributed by atoms with van der Waals surface area (Å²) in [7, 11) is 0. The Morgan fingerprint density at radius 1 is 0.585 bits per heavy atom. The van der Waals surface area contributed by atoms with Gasteiger partial charge >= 0.3 is 0 Å². The summed E-state index contributed by atoms with van der Waals surface area (Å²) in [5.74, 6) is -3.51. The quantitative estimate of drug-likeness (QED) is 0.163. The molecule has 0 aliphatic carbocycles. The monoisotopic (exact) mass is 562 g/mol. The third-order valence-electron chi connectivity index (χ3n) is 7.61. The van der Waals surface area contributed by atoms with Crippen molar-refractivity contribution >= 4 is 0 Å². The van der Waals surface area contributed by atoms with E-state index in [0.29, 0.717) is 11.1 Å². The summed E-state index contributed by atoms with van der Waals surface area (Å²) in [6.45, 7) is 0. The van der Waals surface area contributed by atoms with Crippen molar-refractivity contribution in [1.29, 1.82) is 0 Å². The second kappa shape index (κ2) is 9.49. The highest BCUT2D eigenvalue weighted by Gasteiger charge is 2.41. The van der Waals surface area contributed by atoms with Crippen LogP contribution in [-0.2, 0) is 6.42 Å². The first-order chi connectivity index (χ1) is 19.5. The average Bonchev–Trinajstić information content (AvgIpc) is 2.91. The molecule has 0 saturated carbocycles. The number of aliphatic hydroxyl groups is 1. The highest BCUT2D eigenvalue weighted by atomic mass is 16.5. The van der Waals surface area contributed by atoms with Crippen molar-refractivity contribution < 1.29 is 55.4 Å². The van der Waals surface area contributed by atoms with Gasteiger partial charge in [0.2, 0.25) is 0 Å². The summed E-state index contributed by atoms with van der Waals surface area (Å²) in [6, 6.07) is 11.6. The Morgan fingerprint density at radius 2 is 1.22 bits per heavy atom. The second-order valence-corrected chi connectivity index (χ2v) is 10.2. The zero-order chi connectivity index (χ0) is 29.2. The van der Waals surface area contributed by atoms with Crippen LogP contribution in [0.15, 0.2) is 54.6 Å². The summed E-state index contributed by atoms with van der Waals surface area (Å²) < 4.78 is 12.3. The second-order valence-electron chi connectivity index (χ2n) is 10.2. The van der Waals surface area contributed by atoms with Crippen LogP contribution in [0.2, 0.25) is 0 Å². The molecular formula is C30H26O11. The lowest BCUT2D eigenvalue weighted by Crippen LogP contribution is -2.31. The molecule has 0 fully saturated rings. The predicted octanol–water partition coefficient (Wildman–Crippen LogP) is 4.02. The Morgan fingerprint density at radius 3 is 1.90 bits per heavy atom. The first-order valence-electron chi connectivity index (χ1n) is 12.7. The SMILES string of the molecule is Oc1cc(O)c2c(c1)O[C@H](c1ccc(O)c(O)c1)C[C@@H]2c1c(O)cc(O)c2c1O[C@H](c1ccc(O)c(O)c1)[C@@H](O)C2. The van der Waals surface area contributed by atoms with Crippen LogP contribution in [0.4, 0.5) is 0 Å². The van der Waals surface area contributed by atoms with Crippen LogP contribution in [0, 0.1) is 0 Å². The van der Waals surface area contributed by atoms with Gasteiger partial charge in [-0.25, -0.2) is 0 Å². The molecule has 4 atom stereocenters. The standard InChI is InChI=1S/C30H26O11/c31-14-7-22(37)27-16(10-25(40-26(27)8-14)12-1-3-17(32)20(35)5-12)28-23(38)11-19(34)15-9-24(39)29(41-30(15)28)13-2-4-18(33)21(36)6-13/h1-8,11,16,24-25,29,31-39H,9-10H2/t16-,24-,25-,29+/m0/s1. The van der Waals surface area contributed by atoms with E-state index in [4.69, 9.17) is 9.47 Å². The molecule has 11 nitrogen and oxygen atoms in total. The Bertz CT molecular complexity index is 1680. The van der Waals surface area contributed by atoms with E-state index in [0.717, 1.165) is 12.1 Å². The first-order valence-corrected chi connectivity index (χ1v) is 12.7. The maximum atomic E-state index is 11.2. The Balaban J connectivity index is 1.52. The number of aliphatic hydroxyl groups excluding tert-OH is 1. The molecule has 0 aromatic heterocycles. The lowest BCUT2D eigenvalue weighted by atomic mass is 9.79. The summed E-state index contributed by atoms with van der Waals surface area (Å²) in [5.41, 5.74) is 1.37. The number of ether oxygens (including phenoxy) is 2. The van der Waals surface area contributed by atoms with Gasteiger partial charge in [-0.15, -0.1) is 0 Å². The number of phenolic OH excluding ortho intramolecular Hbond substituents is 8. The van der Waals surface area contributed by atoms with Crippen LogP contribution < -0.4 is 9.47 Å². The van der Waals surface area contributed by atoms with Gasteiger partial charge in [-0.05, 0) is 35.4 Å². The molecule has 11 heteroatoms. The number of rotatable bonds is 3. The fourth-order valence-electron chi connectivity index (χ4n) is 5.67. The van der Waals surface area contributed by atoms with E-state index in [1.165, 1.54) is 42.5 Å². The van der Waals surface area contributed by atoms with E-state index >= 15 is 0 Å². The molecule has 41 heavy (non-hydrogen) atoms. The van der Waals surface area contributed by atoms with Crippen LogP contribution in [0.3, 0.4) is 0 Å². The molecule has 6 rings (SSSR count). The zero-order valence-corrected chi connectivity index (χ0v) is 21.3. The van der Waals surface area contributed by atoms with Crippen molar-refractivity contribution in [3.63, 3.8) is 0 Å². The van der Waals surface area contributed by atoms with Gasteiger partial charge in [-0.3, -0.25) is 0 Å². The molecule has 2 aliphatic heterocycles. The predicted molar refractivity (Wildman–Crippen MR) is 142 cm³/mol. The maximum Gasteiger partial charge on any atom is 0.157 e. The lowest BCUT2D eigenvalue weighted by molar-refractivity contribution is 0.0184. The van der Waals surface area contributed by atoms with Gasteiger partial charge in [0.15, 0.2) is 23.0 Å². The minimum Gasteiger partial charge on any atom is -0.508 e. The van der Waals surface area contributed by atoms with Crippen molar-refractivity contribution in [1.82, 2.24) is 0 Å². The van der Waals surface area contributed by atoms with E-state index in [1.54, 1.807) is 0 Å². The molecule has 212 valence electrons. The Hall–Kier alpha value is -5.16. The van der Waals surface area contributed by atoms with Crippen LogP contribution >= 0.6 is 0 Å². The van der Waals surface area contributed by atoms with Gasteiger partial charge in [0.05, 0.1) is 6.10 Å². The topological polar surface area (TPSA) is 201 Å². The molecule has 9 N–H and O–H groups in total. The van der Waals surface area contributed by atoms with E-state index < -0.39 is 30.0 Å². The van der Waals surface area contributed by atoms with E-state index in [-0.39, 0.29) is 81.3 Å². The minimum atomic E-state index is -1.17. The smallest absolute Gasteiger partial charge is 0.157 e. The van der Waals surface area contributed by atoms with Crippen molar-refractivity contribution in [2.75, 3.05) is 0 Å². The van der Waals surface area contributed by atoms with Crippen LogP contribution in [0.1, 0.15) is 52.4 Å². The first kappa shape index (κ1) is 26.1. The minimum absolute atomic E-state index is 0.0444. The summed E-state index contributed by atoms with van der Waals surface area (Å²) >= 11 is 0. The van der Waals surface area contributed by atoms with Gasteiger partial charge in [-0.1, -0.05) is 12.1 Å². The lowest BCUT2D eigenvalue weighted by Gasteiger charge is -2.37. The van der Waals surface area contributed by atoms with Crippen LogP contribution in [-0.4, -0.2) is 52.1 Å². The fraction of sp³-hybridized carbons (Fsp3) is 0.200. The van der Waals surface area contributed by atoms with E-state index in [9.17, 15) is 46.0 Å². The molecule has 0 spiro atoms. The number of fused-ring (bicyclic) bond motifs is 2. The zero-order valence-electron chi connectivity index (χ0n) is 21.3. The third kappa shape index (κ3) is 4.36. The molecule has 2 heterocycles. The average molecular weight is 563 g/mol. The molecule has 0 radical (unpaired) electrons. The fourth-order valence-corrected chi connectivity index (χ4v) is 5.67. The molecule has 0 bridgehead atoms. The van der Waals surface area contributed by atoms with Gasteiger partial charge in [0.25, 0.3) is 0 Å². The van der Waals surface area contributed by atoms with Crippen molar-refractivity contribution in [2.45, 2.75) is 37.1 Å². The highest BCUT2D eigenvalue weighted by molar-refractivity contribution is 5.65. The van der Waals surface area contributed by atoms with Crippen molar-refractivity contribution in [3.05, 3.63) is 82.4 Å². The number of hydrogen-bond donors (Lipinski definition) is 9. The Labute approximate surface area is 232 Å². The van der Waals surface area contributed by atoms with Crippen LogP contribution in [0.5, 0.6) is 57.5 Å². The molecule has 4 aromatic carbocycles. The van der Waals surface area contributed by atoms with E-state index in [2.05, 4.69) is 0 Å². The number of benzene rings is 4. The van der Waals surface area contributed by atoms with Crippen molar-refractivity contribution in [3.8, 4) is 57.5 Å². The molecule has 4 aromatic rings. The molecule has 0 amide bonds. The summed E-state index contributed by atoms with van der Waals surface area (Å²) in [4.78, 5) is 0. The number of aromatic hydroxyl groups is 8. The van der Waals surface area contributed by atoms with Gasteiger partial charge in [0, 0.05) is 53.6 Å². The summed E-state index contributed by atoms with van der Waals surface area (Å²) in [6.07, 6.45) is -3.03. The van der Waals surface area contributed by atoms with E-state index in [1.807, 2.05) is 0 Å². The molecule has 2 aliphatic rings. The largest absolute Gasteiger partial charge is 0.508 e. The van der Waals surface area contributed by atoms with Gasteiger partial charge in [0.1, 0.15) is 46.7 Å². The van der Waals surface area contributed by atoms with Crippen LogP contribution in [0.25, 0.3) is 0 Å². The maximum absolute atomic E-state index is 11.2. The molecule has 0 saturated heterocycles. The van der Waals surface area contributed by atoms with Crippen molar-refractivity contribution in [2.24, 2.45) is 0 Å². The Kier molecular flexibility index (Phi) is 6.04. The third-order valence-corrected chi connectivity index (χ3v) is 7.61. The normalized spacial score (nSPS) is 21.3. The number of hydrogen-bond acceptors (Lipinski definition) is 11. The van der Waals surface area contributed by atoms with Gasteiger partial charge < -0.3 is 55.4 Å². The molecular weight excluding hydrogens is 536 g/mol. The van der Waals surface area contributed by atoms with Gasteiger partial charge in [-0.2, -0.15) is 0 Å². The highest BCUT2D eigenvalue weighted by Crippen LogP contribution is 2.57. The molecule has 0 unspecified atom stereocenters. The summed E-state index contributed by atoms with van der Waals surface area (Å²) in [5, 5.41) is 93.6. The number of phenols is 8.